The summed E-state index contributed by atoms with van der Waals surface area (Å²) in [5, 5.41) is 11.9. The molecule has 0 atom stereocenters. The minimum atomic E-state index is -1.06. The molecule has 0 aliphatic carbocycles. The summed E-state index contributed by atoms with van der Waals surface area (Å²) < 4.78 is 4.52. The molecule has 60 valence electrons. The maximum absolute atomic E-state index is 10.4. The van der Waals surface area contributed by atoms with Crippen molar-refractivity contribution in [2.75, 3.05) is 6.26 Å². The maximum Gasteiger partial charge on any atom is 0.375 e. The molecule has 11 heavy (non-hydrogen) atoms. The van der Waals surface area contributed by atoms with Crippen molar-refractivity contribution < 1.29 is 14.4 Å². The molecule has 1 aromatic rings. The number of rotatable bonds is 3. The van der Waals surface area contributed by atoms with Crippen molar-refractivity contribution in [2.24, 2.45) is 0 Å². The lowest BCUT2D eigenvalue weighted by molar-refractivity contribution is 0.0651. The molecule has 5 heteroatoms. The summed E-state index contributed by atoms with van der Waals surface area (Å²) in [6, 6.07) is 0. The van der Waals surface area contributed by atoms with E-state index >= 15 is 0 Å². The topological polar surface area (TPSA) is 63.3 Å². The Hall–Kier alpha value is -0.970. The fraction of sp³-hybridized carbons (Fsp3) is 0.333. The van der Waals surface area contributed by atoms with Crippen LogP contribution in [0.25, 0.3) is 0 Å². The van der Waals surface area contributed by atoms with Gasteiger partial charge in [-0.05, 0) is 6.26 Å². The van der Waals surface area contributed by atoms with Crippen LogP contribution >= 0.6 is 11.8 Å². The standard InChI is InChI=1S/C6H7NO3S/c1-11-3-4-2-7-10-5(4)6(8)9/h2H,3H2,1H3,(H,8,9). The SMILES string of the molecule is CSCc1cnoc1C(=O)O. The number of carbonyl (C=O) groups is 1. The van der Waals surface area contributed by atoms with E-state index in [1.54, 1.807) is 0 Å². The third kappa shape index (κ3) is 1.74. The van der Waals surface area contributed by atoms with E-state index in [4.69, 9.17) is 5.11 Å². The van der Waals surface area contributed by atoms with Crippen molar-refractivity contribution >= 4 is 17.7 Å². The predicted molar refractivity (Wildman–Crippen MR) is 40.7 cm³/mol. The summed E-state index contributed by atoms with van der Waals surface area (Å²) in [4.78, 5) is 10.4. The molecule has 0 bridgehead atoms. The predicted octanol–water partition coefficient (Wildman–Crippen LogP) is 1.24. The number of aromatic carboxylic acids is 1. The number of hydrogen-bond donors (Lipinski definition) is 1. The van der Waals surface area contributed by atoms with Crippen LogP contribution in [0.3, 0.4) is 0 Å². The zero-order valence-electron chi connectivity index (χ0n) is 5.90. The molecule has 0 spiro atoms. The maximum atomic E-state index is 10.4. The lowest BCUT2D eigenvalue weighted by atomic mass is 10.3. The van der Waals surface area contributed by atoms with E-state index < -0.39 is 5.97 Å². The van der Waals surface area contributed by atoms with Gasteiger partial charge in [-0.2, -0.15) is 11.8 Å². The van der Waals surface area contributed by atoms with Crippen LogP contribution in [-0.4, -0.2) is 22.5 Å². The lowest BCUT2D eigenvalue weighted by Crippen LogP contribution is -1.97. The summed E-state index contributed by atoms with van der Waals surface area (Å²) in [5.41, 5.74) is 0.630. The first-order valence-corrected chi connectivity index (χ1v) is 4.31. The molecule has 0 amide bonds. The van der Waals surface area contributed by atoms with Crippen LogP contribution in [0.15, 0.2) is 10.7 Å². The second-order valence-corrected chi connectivity index (χ2v) is 2.78. The van der Waals surface area contributed by atoms with Gasteiger partial charge in [-0.1, -0.05) is 5.16 Å². The molecule has 1 aromatic heterocycles. The van der Waals surface area contributed by atoms with E-state index in [-0.39, 0.29) is 5.76 Å². The number of carboxylic acids is 1. The Morgan fingerprint density at radius 3 is 3.18 bits per heavy atom. The second-order valence-electron chi connectivity index (χ2n) is 1.92. The molecule has 0 fully saturated rings. The van der Waals surface area contributed by atoms with Gasteiger partial charge in [-0.25, -0.2) is 4.79 Å². The van der Waals surface area contributed by atoms with Crippen molar-refractivity contribution in [3.05, 3.63) is 17.5 Å². The van der Waals surface area contributed by atoms with Gasteiger partial charge in [-0.15, -0.1) is 0 Å². The molecular weight excluding hydrogens is 166 g/mol. The molecule has 0 saturated carbocycles. The Labute approximate surface area is 67.6 Å². The summed E-state index contributed by atoms with van der Waals surface area (Å²) in [7, 11) is 0. The van der Waals surface area contributed by atoms with Gasteiger partial charge in [0, 0.05) is 11.3 Å². The largest absolute Gasteiger partial charge is 0.475 e. The van der Waals surface area contributed by atoms with E-state index in [9.17, 15) is 4.79 Å². The van der Waals surface area contributed by atoms with Crippen LogP contribution in [0.1, 0.15) is 16.1 Å². The third-order valence-corrected chi connectivity index (χ3v) is 1.74. The third-order valence-electron chi connectivity index (χ3n) is 1.14. The number of thioether (sulfide) groups is 1. The zero-order valence-corrected chi connectivity index (χ0v) is 6.72. The Kier molecular flexibility index (Phi) is 2.53. The monoisotopic (exact) mass is 173 g/mol. The zero-order chi connectivity index (χ0) is 8.27. The fourth-order valence-corrected chi connectivity index (χ4v) is 1.21. The lowest BCUT2D eigenvalue weighted by Gasteiger charge is -1.91. The van der Waals surface area contributed by atoms with Gasteiger partial charge >= 0.3 is 5.97 Å². The van der Waals surface area contributed by atoms with Crippen LogP contribution < -0.4 is 0 Å². The number of nitrogens with zero attached hydrogens (tertiary/aromatic N) is 1. The Balaban J connectivity index is 2.87. The van der Waals surface area contributed by atoms with Gasteiger partial charge in [-0.3, -0.25) is 0 Å². The molecule has 0 aromatic carbocycles. The van der Waals surface area contributed by atoms with Crippen molar-refractivity contribution in [3.8, 4) is 0 Å². The van der Waals surface area contributed by atoms with Crippen molar-refractivity contribution in [3.63, 3.8) is 0 Å². The van der Waals surface area contributed by atoms with Gasteiger partial charge in [0.15, 0.2) is 0 Å². The van der Waals surface area contributed by atoms with Gasteiger partial charge < -0.3 is 9.63 Å². The van der Waals surface area contributed by atoms with Gasteiger partial charge in [0.05, 0.1) is 6.20 Å². The minimum absolute atomic E-state index is 0.0562. The molecule has 1 heterocycles. The average Bonchev–Trinajstić information content (AvgIpc) is 2.36. The van der Waals surface area contributed by atoms with E-state index in [0.29, 0.717) is 11.3 Å². The Morgan fingerprint density at radius 2 is 2.64 bits per heavy atom. The van der Waals surface area contributed by atoms with Crippen LogP contribution in [0, 0.1) is 0 Å². The second kappa shape index (κ2) is 3.43. The molecule has 0 aliphatic rings. The van der Waals surface area contributed by atoms with E-state index in [2.05, 4.69) is 9.68 Å². The van der Waals surface area contributed by atoms with E-state index in [1.807, 2.05) is 6.26 Å². The highest BCUT2D eigenvalue weighted by Crippen LogP contribution is 2.13. The quantitative estimate of drug-likeness (QED) is 0.744. The van der Waals surface area contributed by atoms with E-state index in [1.165, 1.54) is 18.0 Å². The smallest absolute Gasteiger partial charge is 0.375 e. The van der Waals surface area contributed by atoms with Crippen LogP contribution in [-0.2, 0) is 5.75 Å². The molecule has 1 rings (SSSR count). The summed E-state index contributed by atoms with van der Waals surface area (Å²) in [5.74, 6) is -0.503. The highest BCUT2D eigenvalue weighted by atomic mass is 32.2. The Morgan fingerprint density at radius 1 is 1.91 bits per heavy atom. The van der Waals surface area contributed by atoms with Crippen molar-refractivity contribution in [1.29, 1.82) is 0 Å². The fourth-order valence-electron chi connectivity index (χ4n) is 0.695. The van der Waals surface area contributed by atoms with Gasteiger partial charge in [0.2, 0.25) is 5.76 Å². The first kappa shape index (κ1) is 8.13. The van der Waals surface area contributed by atoms with Crippen LogP contribution in [0.4, 0.5) is 0 Å². The van der Waals surface area contributed by atoms with Gasteiger partial charge in [0.1, 0.15) is 0 Å². The average molecular weight is 173 g/mol. The molecule has 0 radical (unpaired) electrons. The molecule has 0 aliphatic heterocycles. The Bertz CT molecular complexity index is 258. The molecular formula is C6H7NO3S. The highest BCUT2D eigenvalue weighted by Gasteiger charge is 2.14. The van der Waals surface area contributed by atoms with Gasteiger partial charge in [0.25, 0.3) is 0 Å². The summed E-state index contributed by atoms with van der Waals surface area (Å²) in [6.45, 7) is 0. The molecule has 0 saturated heterocycles. The molecule has 0 unspecified atom stereocenters. The highest BCUT2D eigenvalue weighted by molar-refractivity contribution is 7.97. The molecule has 1 N–H and O–H groups in total. The van der Waals surface area contributed by atoms with Crippen molar-refractivity contribution in [1.82, 2.24) is 5.16 Å². The first-order valence-electron chi connectivity index (χ1n) is 2.91. The summed E-state index contributed by atoms with van der Waals surface area (Å²) in [6.07, 6.45) is 3.32. The summed E-state index contributed by atoms with van der Waals surface area (Å²) >= 11 is 1.53. The minimum Gasteiger partial charge on any atom is -0.475 e. The molecule has 4 nitrogen and oxygen atoms in total. The first-order chi connectivity index (χ1) is 5.25. The van der Waals surface area contributed by atoms with Crippen LogP contribution in [0.5, 0.6) is 0 Å². The number of carboxylic acid groups (broad SMARTS) is 1. The van der Waals surface area contributed by atoms with Crippen LogP contribution in [0.2, 0.25) is 0 Å². The normalized spacial score (nSPS) is 9.91. The number of aromatic nitrogens is 1. The number of hydrogen-bond acceptors (Lipinski definition) is 4. The van der Waals surface area contributed by atoms with E-state index in [0.717, 1.165) is 0 Å². The van der Waals surface area contributed by atoms with Crippen molar-refractivity contribution in [2.45, 2.75) is 5.75 Å².